The minimum Gasteiger partial charge on any atom is -0.397 e. The first-order valence-corrected chi connectivity index (χ1v) is 4.49. The van der Waals surface area contributed by atoms with E-state index in [9.17, 15) is 4.39 Å². The van der Waals surface area contributed by atoms with E-state index in [0.29, 0.717) is 17.2 Å². The largest absolute Gasteiger partial charge is 0.397 e. The van der Waals surface area contributed by atoms with Crippen molar-refractivity contribution in [1.82, 2.24) is 4.98 Å². The summed E-state index contributed by atoms with van der Waals surface area (Å²) < 4.78 is 12.9. The van der Waals surface area contributed by atoms with E-state index >= 15 is 0 Å². The molecule has 3 N–H and O–H groups in total. The number of pyridine rings is 1. The number of aromatic nitrogens is 1. The highest BCUT2D eigenvalue weighted by Gasteiger charge is 2.01. The molecule has 0 saturated heterocycles. The van der Waals surface area contributed by atoms with E-state index in [1.54, 1.807) is 18.3 Å². The zero-order valence-corrected chi connectivity index (χ0v) is 7.94. The standard InChI is InChI=1S/C11H10FN3/c12-8-4-5-9(13)10(7-8)15-11-3-1-2-6-14-11/h1-7H,13H2,(H,14,15). The molecule has 0 saturated carbocycles. The van der Waals surface area contributed by atoms with Crippen LogP contribution < -0.4 is 11.1 Å². The van der Waals surface area contributed by atoms with Gasteiger partial charge in [0.2, 0.25) is 0 Å². The summed E-state index contributed by atoms with van der Waals surface area (Å²) in [6, 6.07) is 9.60. The number of rotatable bonds is 2. The fraction of sp³-hybridized carbons (Fsp3) is 0. The third-order valence-electron chi connectivity index (χ3n) is 1.94. The molecule has 3 nitrogen and oxygen atoms in total. The molecule has 2 rings (SSSR count). The van der Waals surface area contributed by atoms with Gasteiger partial charge < -0.3 is 11.1 Å². The number of nitrogens with one attached hydrogen (secondary N) is 1. The van der Waals surface area contributed by atoms with E-state index in [-0.39, 0.29) is 5.82 Å². The van der Waals surface area contributed by atoms with Crippen molar-refractivity contribution >= 4 is 17.2 Å². The summed E-state index contributed by atoms with van der Waals surface area (Å²) in [6.07, 6.45) is 1.65. The minimum absolute atomic E-state index is 0.331. The average molecular weight is 203 g/mol. The zero-order chi connectivity index (χ0) is 10.7. The van der Waals surface area contributed by atoms with Crippen LogP contribution in [-0.4, -0.2) is 4.98 Å². The van der Waals surface area contributed by atoms with Crippen molar-refractivity contribution in [3.8, 4) is 0 Å². The topological polar surface area (TPSA) is 50.9 Å². The molecule has 1 aromatic heterocycles. The second kappa shape index (κ2) is 3.96. The predicted octanol–water partition coefficient (Wildman–Crippen LogP) is 2.55. The molecule has 0 atom stereocenters. The maximum atomic E-state index is 12.9. The molecule has 0 fully saturated rings. The summed E-state index contributed by atoms with van der Waals surface area (Å²) in [7, 11) is 0. The SMILES string of the molecule is Nc1ccc(F)cc1Nc1ccccn1. The van der Waals surface area contributed by atoms with Gasteiger partial charge in [0.25, 0.3) is 0 Å². The van der Waals surface area contributed by atoms with Crippen LogP contribution in [0.25, 0.3) is 0 Å². The number of nitrogens with two attached hydrogens (primary N) is 1. The van der Waals surface area contributed by atoms with Gasteiger partial charge in [-0.1, -0.05) is 6.07 Å². The van der Waals surface area contributed by atoms with Crippen LogP contribution in [0.2, 0.25) is 0 Å². The monoisotopic (exact) mass is 203 g/mol. The van der Waals surface area contributed by atoms with Crippen molar-refractivity contribution in [2.75, 3.05) is 11.1 Å². The summed E-state index contributed by atoms with van der Waals surface area (Å²) in [5, 5.41) is 2.94. The molecular weight excluding hydrogens is 193 g/mol. The summed E-state index contributed by atoms with van der Waals surface area (Å²) in [5.74, 6) is 0.303. The Morgan fingerprint density at radius 3 is 2.80 bits per heavy atom. The molecule has 0 radical (unpaired) electrons. The van der Waals surface area contributed by atoms with Gasteiger partial charge in [0.1, 0.15) is 11.6 Å². The van der Waals surface area contributed by atoms with Crippen LogP contribution in [0.5, 0.6) is 0 Å². The third kappa shape index (κ3) is 2.22. The lowest BCUT2D eigenvalue weighted by Gasteiger charge is -2.07. The summed E-state index contributed by atoms with van der Waals surface area (Å²) in [6.45, 7) is 0. The van der Waals surface area contributed by atoms with Crippen LogP contribution in [0.1, 0.15) is 0 Å². The van der Waals surface area contributed by atoms with E-state index in [2.05, 4.69) is 10.3 Å². The molecule has 0 bridgehead atoms. The number of hydrogen-bond acceptors (Lipinski definition) is 3. The lowest BCUT2D eigenvalue weighted by Crippen LogP contribution is -1.98. The van der Waals surface area contributed by atoms with Crippen LogP contribution >= 0.6 is 0 Å². The van der Waals surface area contributed by atoms with Gasteiger partial charge in [0, 0.05) is 6.20 Å². The van der Waals surface area contributed by atoms with Gasteiger partial charge in [0.05, 0.1) is 11.4 Å². The van der Waals surface area contributed by atoms with Crippen LogP contribution in [0.3, 0.4) is 0 Å². The van der Waals surface area contributed by atoms with E-state index < -0.39 is 0 Å². The predicted molar refractivity (Wildman–Crippen MR) is 58.3 cm³/mol. The lowest BCUT2D eigenvalue weighted by atomic mass is 10.2. The van der Waals surface area contributed by atoms with Crippen molar-refractivity contribution < 1.29 is 4.39 Å². The summed E-state index contributed by atoms with van der Waals surface area (Å²) >= 11 is 0. The number of nitrogens with zero attached hydrogens (tertiary/aromatic N) is 1. The number of hydrogen-bond donors (Lipinski definition) is 2. The fourth-order valence-corrected chi connectivity index (χ4v) is 1.21. The minimum atomic E-state index is -0.331. The molecule has 0 aliphatic carbocycles. The van der Waals surface area contributed by atoms with Gasteiger partial charge in [-0.2, -0.15) is 0 Å². The first-order chi connectivity index (χ1) is 7.25. The zero-order valence-electron chi connectivity index (χ0n) is 7.94. The molecule has 2 aromatic rings. The van der Waals surface area contributed by atoms with Gasteiger partial charge in [-0.25, -0.2) is 9.37 Å². The van der Waals surface area contributed by atoms with E-state index in [4.69, 9.17) is 5.73 Å². The highest BCUT2D eigenvalue weighted by atomic mass is 19.1. The Morgan fingerprint density at radius 1 is 1.20 bits per heavy atom. The highest BCUT2D eigenvalue weighted by Crippen LogP contribution is 2.22. The van der Waals surface area contributed by atoms with Crippen molar-refractivity contribution in [2.24, 2.45) is 0 Å². The molecule has 0 aliphatic rings. The molecule has 1 aromatic carbocycles. The second-order valence-corrected chi connectivity index (χ2v) is 3.07. The van der Waals surface area contributed by atoms with Crippen LogP contribution in [0, 0.1) is 5.82 Å². The Kier molecular flexibility index (Phi) is 2.49. The molecule has 0 spiro atoms. The highest BCUT2D eigenvalue weighted by molar-refractivity contribution is 5.70. The lowest BCUT2D eigenvalue weighted by molar-refractivity contribution is 0.628. The summed E-state index contributed by atoms with van der Waals surface area (Å²) in [5.41, 5.74) is 6.69. The Bertz CT molecular complexity index is 457. The molecule has 15 heavy (non-hydrogen) atoms. The molecule has 0 amide bonds. The van der Waals surface area contributed by atoms with Gasteiger partial charge in [-0.3, -0.25) is 0 Å². The average Bonchev–Trinajstić information content (AvgIpc) is 2.25. The molecule has 76 valence electrons. The van der Waals surface area contributed by atoms with E-state index in [0.717, 1.165) is 0 Å². The van der Waals surface area contributed by atoms with Gasteiger partial charge in [-0.15, -0.1) is 0 Å². The molecule has 1 heterocycles. The first kappa shape index (κ1) is 9.45. The second-order valence-electron chi connectivity index (χ2n) is 3.07. The normalized spacial score (nSPS) is 9.93. The quantitative estimate of drug-likeness (QED) is 0.737. The van der Waals surface area contributed by atoms with E-state index in [1.807, 2.05) is 6.07 Å². The maximum Gasteiger partial charge on any atom is 0.130 e. The smallest absolute Gasteiger partial charge is 0.130 e. The molecular formula is C11H10FN3. The first-order valence-electron chi connectivity index (χ1n) is 4.49. The van der Waals surface area contributed by atoms with E-state index in [1.165, 1.54) is 18.2 Å². The van der Waals surface area contributed by atoms with Gasteiger partial charge >= 0.3 is 0 Å². The Hall–Kier alpha value is -2.10. The van der Waals surface area contributed by atoms with Crippen LogP contribution in [-0.2, 0) is 0 Å². The van der Waals surface area contributed by atoms with Gasteiger partial charge in [-0.05, 0) is 30.3 Å². The van der Waals surface area contributed by atoms with Gasteiger partial charge in [0.15, 0.2) is 0 Å². The Morgan fingerprint density at radius 2 is 2.07 bits per heavy atom. The Balaban J connectivity index is 2.28. The Labute approximate surface area is 86.8 Å². The molecule has 0 unspecified atom stereocenters. The summed E-state index contributed by atoms with van der Waals surface area (Å²) in [4.78, 5) is 4.06. The van der Waals surface area contributed by atoms with Crippen LogP contribution in [0.4, 0.5) is 21.6 Å². The van der Waals surface area contributed by atoms with Crippen molar-refractivity contribution in [1.29, 1.82) is 0 Å². The number of halogens is 1. The molecule has 0 aliphatic heterocycles. The molecule has 4 heteroatoms. The van der Waals surface area contributed by atoms with Crippen molar-refractivity contribution in [3.63, 3.8) is 0 Å². The van der Waals surface area contributed by atoms with Crippen molar-refractivity contribution in [3.05, 3.63) is 48.4 Å². The van der Waals surface area contributed by atoms with Crippen LogP contribution in [0.15, 0.2) is 42.6 Å². The maximum absolute atomic E-state index is 12.9. The number of benzene rings is 1. The number of anilines is 3. The third-order valence-corrected chi connectivity index (χ3v) is 1.94. The van der Waals surface area contributed by atoms with Crippen molar-refractivity contribution in [2.45, 2.75) is 0 Å². The fourth-order valence-electron chi connectivity index (χ4n) is 1.21. The number of nitrogen functional groups attached to an aromatic ring is 1.